The van der Waals surface area contributed by atoms with Crippen molar-refractivity contribution in [1.29, 1.82) is 5.26 Å². The number of aryl methyl sites for hydroxylation is 1. The zero-order valence-electron chi connectivity index (χ0n) is 15.3. The molecule has 29 heavy (non-hydrogen) atoms. The molecular weight excluding hydrogens is 436 g/mol. The van der Waals surface area contributed by atoms with Crippen molar-refractivity contribution in [2.45, 2.75) is 18.7 Å². The first kappa shape index (κ1) is 21.1. The lowest BCUT2D eigenvalue weighted by Crippen LogP contribution is -2.05. The number of hydrogen-bond donors (Lipinski definition) is 0. The average molecular weight is 450 g/mol. The van der Waals surface area contributed by atoms with E-state index in [1.807, 2.05) is 0 Å². The van der Waals surface area contributed by atoms with E-state index in [4.69, 9.17) is 23.2 Å². The molecule has 0 N–H and O–H groups in total. The molecule has 0 amide bonds. The van der Waals surface area contributed by atoms with Crippen LogP contribution in [0.5, 0.6) is 0 Å². The second-order valence-corrected chi connectivity index (χ2v) is 8.90. The number of aromatic nitrogens is 2. The molecule has 0 saturated heterocycles. The largest absolute Gasteiger partial charge is 0.237 e. The Hall–Kier alpha value is -2.66. The van der Waals surface area contributed by atoms with Gasteiger partial charge in [0.1, 0.15) is 16.8 Å². The summed E-state index contributed by atoms with van der Waals surface area (Å²) in [4.78, 5) is -0.743. The number of nitriles is 1. The third-order valence-electron chi connectivity index (χ3n) is 4.28. The van der Waals surface area contributed by atoms with Crippen molar-refractivity contribution in [2.24, 2.45) is 0 Å². The van der Waals surface area contributed by atoms with Gasteiger partial charge in [-0.1, -0.05) is 23.2 Å². The molecule has 2 aromatic carbocycles. The Balaban J connectivity index is 2.14. The van der Waals surface area contributed by atoms with Gasteiger partial charge < -0.3 is 0 Å². The van der Waals surface area contributed by atoms with Gasteiger partial charge in [0.15, 0.2) is 0 Å². The molecule has 0 saturated carbocycles. The maximum absolute atomic E-state index is 13.2. The minimum atomic E-state index is -4.20. The summed E-state index contributed by atoms with van der Waals surface area (Å²) in [6.45, 7) is 3.41. The van der Waals surface area contributed by atoms with Crippen LogP contribution < -0.4 is 0 Å². The van der Waals surface area contributed by atoms with Crippen molar-refractivity contribution in [1.82, 2.24) is 9.78 Å². The molecule has 0 bridgehead atoms. The molecule has 9 heteroatoms. The van der Waals surface area contributed by atoms with Gasteiger partial charge in [-0.25, -0.2) is 17.5 Å². The number of rotatable bonds is 4. The Bertz CT molecular complexity index is 1270. The van der Waals surface area contributed by atoms with Crippen LogP contribution in [0.1, 0.15) is 17.0 Å². The lowest BCUT2D eigenvalue weighted by molar-refractivity contribution is 0.603. The number of hydrogen-bond acceptors (Lipinski definition) is 4. The van der Waals surface area contributed by atoms with Crippen LogP contribution in [0, 0.1) is 31.0 Å². The normalized spacial score (nSPS) is 12.1. The van der Waals surface area contributed by atoms with E-state index in [0.717, 1.165) is 0 Å². The number of nitrogens with zero attached hydrogens (tertiary/aromatic N) is 3. The van der Waals surface area contributed by atoms with Crippen molar-refractivity contribution >= 4 is 39.1 Å². The van der Waals surface area contributed by atoms with E-state index in [2.05, 4.69) is 5.10 Å². The van der Waals surface area contributed by atoms with Crippen molar-refractivity contribution in [3.05, 3.63) is 80.2 Å². The first-order valence-electron chi connectivity index (χ1n) is 8.29. The predicted molar refractivity (Wildman–Crippen MR) is 110 cm³/mol. The van der Waals surface area contributed by atoms with E-state index in [9.17, 15) is 18.1 Å². The monoisotopic (exact) mass is 449 g/mol. The highest BCUT2D eigenvalue weighted by atomic mass is 35.5. The van der Waals surface area contributed by atoms with Crippen molar-refractivity contribution < 1.29 is 12.8 Å². The van der Waals surface area contributed by atoms with Gasteiger partial charge in [0.05, 0.1) is 21.3 Å². The lowest BCUT2D eigenvalue weighted by atomic mass is 10.2. The topological polar surface area (TPSA) is 75.8 Å². The summed E-state index contributed by atoms with van der Waals surface area (Å²) < 4.78 is 40.7. The van der Waals surface area contributed by atoms with E-state index in [-0.39, 0.29) is 20.8 Å². The second kappa shape index (κ2) is 7.99. The van der Waals surface area contributed by atoms with Crippen LogP contribution in [0.25, 0.3) is 11.8 Å². The van der Waals surface area contributed by atoms with E-state index in [0.29, 0.717) is 22.6 Å². The Labute approximate surface area is 177 Å². The summed E-state index contributed by atoms with van der Waals surface area (Å²) in [6.07, 6.45) is 1.25. The second-order valence-electron chi connectivity index (χ2n) is 6.17. The standard InChI is InChI=1S/C20H14Cl2FN3O2S/c1-12-18(13(2)26(25-12)16-6-4-15(23)5-7-16)10-17(11-24)29(27,28)20-9-14(21)3-8-19(20)22/h3-10H,1-2H3/b17-10-. The van der Waals surface area contributed by atoms with Crippen LogP contribution in [0.4, 0.5) is 4.39 Å². The molecule has 3 rings (SSSR count). The quantitative estimate of drug-likeness (QED) is 0.508. The van der Waals surface area contributed by atoms with Crippen molar-refractivity contribution in [2.75, 3.05) is 0 Å². The molecule has 0 radical (unpaired) electrons. The fourth-order valence-corrected chi connectivity index (χ4v) is 4.70. The summed E-state index contributed by atoms with van der Waals surface area (Å²) in [5.41, 5.74) is 2.17. The van der Waals surface area contributed by atoms with Crippen LogP contribution >= 0.6 is 23.2 Å². The molecule has 0 aliphatic heterocycles. The minimum Gasteiger partial charge on any atom is -0.237 e. The molecule has 0 unspecified atom stereocenters. The first-order valence-corrected chi connectivity index (χ1v) is 10.5. The van der Waals surface area contributed by atoms with Crippen molar-refractivity contribution in [3.63, 3.8) is 0 Å². The molecule has 1 heterocycles. The molecule has 3 aromatic rings. The van der Waals surface area contributed by atoms with Crippen LogP contribution in [0.2, 0.25) is 10.0 Å². The number of sulfone groups is 1. The summed E-state index contributed by atoms with van der Waals surface area (Å²) in [5, 5.41) is 14.1. The van der Waals surface area contributed by atoms with Gasteiger partial charge in [-0.05, 0) is 62.4 Å². The molecule has 0 spiro atoms. The first-order chi connectivity index (χ1) is 13.6. The molecule has 0 fully saturated rings. The van der Waals surface area contributed by atoms with E-state index < -0.39 is 14.7 Å². The third kappa shape index (κ3) is 4.06. The zero-order chi connectivity index (χ0) is 21.3. The van der Waals surface area contributed by atoms with Crippen LogP contribution in [0.15, 0.2) is 52.3 Å². The summed E-state index contributed by atoms with van der Waals surface area (Å²) in [5.74, 6) is -0.383. The maximum Gasteiger partial charge on any atom is 0.218 e. The maximum atomic E-state index is 13.2. The van der Waals surface area contributed by atoms with Gasteiger partial charge in [-0.3, -0.25) is 0 Å². The molecule has 1 aromatic heterocycles. The smallest absolute Gasteiger partial charge is 0.218 e. The number of benzene rings is 2. The number of halogens is 3. The fraction of sp³-hybridized carbons (Fsp3) is 0.100. The molecule has 0 aliphatic carbocycles. The van der Waals surface area contributed by atoms with Crippen LogP contribution in [-0.4, -0.2) is 18.2 Å². The highest BCUT2D eigenvalue weighted by Crippen LogP contribution is 2.31. The number of allylic oxidation sites excluding steroid dienone is 1. The molecular formula is C20H14Cl2FN3O2S. The van der Waals surface area contributed by atoms with E-state index in [1.54, 1.807) is 36.7 Å². The van der Waals surface area contributed by atoms with Crippen LogP contribution in [-0.2, 0) is 9.84 Å². The van der Waals surface area contributed by atoms with Gasteiger partial charge in [0.2, 0.25) is 9.84 Å². The molecule has 148 valence electrons. The van der Waals surface area contributed by atoms with Gasteiger partial charge >= 0.3 is 0 Å². The summed E-state index contributed by atoms with van der Waals surface area (Å²) in [7, 11) is -4.20. The third-order valence-corrected chi connectivity index (χ3v) is 6.66. The van der Waals surface area contributed by atoms with Crippen LogP contribution in [0.3, 0.4) is 0 Å². The Morgan fingerprint density at radius 1 is 1.17 bits per heavy atom. The van der Waals surface area contributed by atoms with Gasteiger partial charge in [-0.15, -0.1) is 0 Å². The van der Waals surface area contributed by atoms with Crippen molar-refractivity contribution in [3.8, 4) is 11.8 Å². The molecule has 0 aliphatic rings. The van der Waals surface area contributed by atoms with E-state index in [1.165, 1.54) is 36.4 Å². The average Bonchev–Trinajstić information content (AvgIpc) is 2.96. The zero-order valence-corrected chi connectivity index (χ0v) is 17.6. The summed E-state index contributed by atoms with van der Waals surface area (Å²) >= 11 is 11.9. The predicted octanol–water partition coefficient (Wildman–Crippen LogP) is 5.27. The Morgan fingerprint density at radius 2 is 1.83 bits per heavy atom. The fourth-order valence-electron chi connectivity index (χ4n) is 2.80. The highest BCUT2D eigenvalue weighted by Gasteiger charge is 2.25. The lowest BCUT2D eigenvalue weighted by Gasteiger charge is -2.07. The van der Waals surface area contributed by atoms with Gasteiger partial charge in [0, 0.05) is 16.3 Å². The SMILES string of the molecule is Cc1nn(-c2ccc(F)cc2)c(C)c1/C=C(/C#N)S(=O)(=O)c1cc(Cl)ccc1Cl. The van der Waals surface area contributed by atoms with Gasteiger partial charge in [-0.2, -0.15) is 10.4 Å². The van der Waals surface area contributed by atoms with Gasteiger partial charge in [0.25, 0.3) is 0 Å². The molecule has 5 nitrogen and oxygen atoms in total. The Kier molecular flexibility index (Phi) is 5.80. The molecule has 0 atom stereocenters. The summed E-state index contributed by atoms with van der Waals surface area (Å²) in [6, 6.07) is 11.4. The highest BCUT2D eigenvalue weighted by molar-refractivity contribution is 7.95. The minimum absolute atomic E-state index is 0.0361. The Morgan fingerprint density at radius 3 is 2.45 bits per heavy atom. The van der Waals surface area contributed by atoms with E-state index >= 15 is 0 Å².